The van der Waals surface area contributed by atoms with E-state index in [1.165, 1.54) is 5.69 Å². The minimum absolute atomic E-state index is 0.400. The smallest absolute Gasteiger partial charge is 0.145 e. The molecule has 1 aliphatic carbocycles. The van der Waals surface area contributed by atoms with Gasteiger partial charge in [-0.3, -0.25) is 5.10 Å². The second-order valence-corrected chi connectivity index (χ2v) is 3.86. The van der Waals surface area contributed by atoms with Crippen LogP contribution in [-0.2, 0) is 0 Å². The molecule has 1 fully saturated rings. The number of rotatable bonds is 1. The molecule has 1 aromatic rings. The van der Waals surface area contributed by atoms with Crippen molar-refractivity contribution in [3.8, 4) is 0 Å². The van der Waals surface area contributed by atoms with Crippen LogP contribution in [0.25, 0.3) is 0 Å². The van der Waals surface area contributed by atoms with E-state index in [4.69, 9.17) is 11.5 Å². The van der Waals surface area contributed by atoms with Gasteiger partial charge in [0.2, 0.25) is 0 Å². The van der Waals surface area contributed by atoms with Gasteiger partial charge in [0.05, 0.1) is 0 Å². The van der Waals surface area contributed by atoms with Gasteiger partial charge in [-0.25, -0.2) is 0 Å². The molecule has 1 heterocycles. The Hall–Kier alpha value is -1.03. The number of nitrogens with two attached hydrogens (primary N) is 2. The van der Waals surface area contributed by atoms with Gasteiger partial charge < -0.3 is 11.5 Å². The van der Waals surface area contributed by atoms with E-state index in [0.717, 1.165) is 25.7 Å². The second-order valence-electron chi connectivity index (χ2n) is 3.86. The highest BCUT2D eigenvalue weighted by Gasteiger charge is 2.21. The lowest BCUT2D eigenvalue weighted by atomic mass is 9.84. The van der Waals surface area contributed by atoms with Crippen LogP contribution in [0.4, 0.5) is 5.82 Å². The normalized spacial score (nSPS) is 29.0. The van der Waals surface area contributed by atoms with Gasteiger partial charge in [-0.2, -0.15) is 5.10 Å². The third-order valence-corrected chi connectivity index (χ3v) is 2.83. The van der Waals surface area contributed by atoms with E-state index >= 15 is 0 Å². The Morgan fingerprint density at radius 2 is 2.00 bits per heavy atom. The molecule has 2 rings (SSSR count). The summed E-state index contributed by atoms with van der Waals surface area (Å²) in [5.41, 5.74) is 12.5. The molecule has 4 heteroatoms. The van der Waals surface area contributed by atoms with E-state index in [1.807, 2.05) is 6.07 Å². The van der Waals surface area contributed by atoms with Gasteiger partial charge in [-0.15, -0.1) is 0 Å². The summed E-state index contributed by atoms with van der Waals surface area (Å²) in [6.45, 7) is 0. The summed E-state index contributed by atoms with van der Waals surface area (Å²) in [5, 5.41) is 6.91. The molecule has 0 bridgehead atoms. The molecule has 0 spiro atoms. The molecule has 1 aromatic heterocycles. The molecular weight excluding hydrogens is 164 g/mol. The van der Waals surface area contributed by atoms with Crippen molar-refractivity contribution in [2.45, 2.75) is 37.6 Å². The molecule has 0 amide bonds. The zero-order chi connectivity index (χ0) is 9.26. The van der Waals surface area contributed by atoms with Gasteiger partial charge in [-0.1, -0.05) is 0 Å². The summed E-state index contributed by atoms with van der Waals surface area (Å²) in [6, 6.07) is 2.33. The Morgan fingerprint density at radius 3 is 2.54 bits per heavy atom. The van der Waals surface area contributed by atoms with Gasteiger partial charge in [0.15, 0.2) is 0 Å². The third kappa shape index (κ3) is 1.83. The average molecular weight is 180 g/mol. The third-order valence-electron chi connectivity index (χ3n) is 2.83. The van der Waals surface area contributed by atoms with Gasteiger partial charge in [0, 0.05) is 23.7 Å². The maximum atomic E-state index is 5.83. The number of anilines is 1. The van der Waals surface area contributed by atoms with Gasteiger partial charge in [-0.05, 0) is 25.7 Å². The quantitative estimate of drug-likeness (QED) is 0.602. The summed E-state index contributed by atoms with van der Waals surface area (Å²) in [4.78, 5) is 0. The molecule has 0 radical (unpaired) electrons. The highest BCUT2D eigenvalue weighted by atomic mass is 15.2. The lowest BCUT2D eigenvalue weighted by Crippen LogP contribution is -2.25. The van der Waals surface area contributed by atoms with E-state index in [1.54, 1.807) is 0 Å². The first-order valence-corrected chi connectivity index (χ1v) is 4.82. The Labute approximate surface area is 77.7 Å². The number of H-pyrrole nitrogens is 1. The van der Waals surface area contributed by atoms with Crippen LogP contribution in [0.5, 0.6) is 0 Å². The van der Waals surface area contributed by atoms with Crippen molar-refractivity contribution >= 4 is 5.82 Å². The first kappa shape index (κ1) is 8.56. The first-order chi connectivity index (χ1) is 6.25. The van der Waals surface area contributed by atoms with Crippen LogP contribution in [0.2, 0.25) is 0 Å². The molecule has 0 atom stereocenters. The molecule has 13 heavy (non-hydrogen) atoms. The number of nitrogen functional groups attached to an aromatic ring is 1. The monoisotopic (exact) mass is 180 g/mol. The van der Waals surface area contributed by atoms with E-state index in [2.05, 4.69) is 10.2 Å². The number of nitrogens with zero attached hydrogens (tertiary/aromatic N) is 1. The molecule has 72 valence electrons. The molecule has 5 N–H and O–H groups in total. The highest BCUT2D eigenvalue weighted by Crippen LogP contribution is 2.31. The molecule has 0 unspecified atom stereocenters. The maximum Gasteiger partial charge on any atom is 0.145 e. The van der Waals surface area contributed by atoms with Crippen molar-refractivity contribution < 1.29 is 0 Å². The molecule has 0 aliphatic heterocycles. The van der Waals surface area contributed by atoms with Crippen LogP contribution in [0.15, 0.2) is 6.07 Å². The van der Waals surface area contributed by atoms with Crippen LogP contribution in [0.1, 0.15) is 37.3 Å². The Kier molecular flexibility index (Phi) is 2.22. The summed E-state index contributed by atoms with van der Waals surface area (Å²) < 4.78 is 0. The fourth-order valence-corrected chi connectivity index (χ4v) is 1.99. The Morgan fingerprint density at radius 1 is 1.31 bits per heavy atom. The topological polar surface area (TPSA) is 80.7 Å². The number of aromatic nitrogens is 2. The SMILES string of the molecule is Nc1cc(C2CCC(N)CC2)[nH]n1. The Balaban J connectivity index is 2.02. The minimum Gasteiger partial charge on any atom is -0.382 e. The van der Waals surface area contributed by atoms with Crippen molar-refractivity contribution in [3.05, 3.63) is 11.8 Å². The molecular formula is C9H16N4. The lowest BCUT2D eigenvalue weighted by Gasteiger charge is -2.24. The van der Waals surface area contributed by atoms with E-state index in [9.17, 15) is 0 Å². The molecule has 4 nitrogen and oxygen atoms in total. The van der Waals surface area contributed by atoms with E-state index in [0.29, 0.717) is 17.8 Å². The number of hydrogen-bond acceptors (Lipinski definition) is 3. The van der Waals surface area contributed by atoms with Crippen molar-refractivity contribution in [2.24, 2.45) is 5.73 Å². The number of aromatic amines is 1. The average Bonchev–Trinajstić information content (AvgIpc) is 2.53. The maximum absolute atomic E-state index is 5.83. The van der Waals surface area contributed by atoms with E-state index < -0.39 is 0 Å². The zero-order valence-corrected chi connectivity index (χ0v) is 7.66. The number of nitrogens with one attached hydrogen (secondary N) is 1. The van der Waals surface area contributed by atoms with Gasteiger partial charge in [0.1, 0.15) is 5.82 Å². The summed E-state index contributed by atoms with van der Waals surface area (Å²) in [6.07, 6.45) is 4.54. The lowest BCUT2D eigenvalue weighted by molar-refractivity contribution is 0.390. The van der Waals surface area contributed by atoms with Crippen LogP contribution in [0, 0.1) is 0 Å². The van der Waals surface area contributed by atoms with Crippen molar-refractivity contribution in [2.75, 3.05) is 5.73 Å². The fraction of sp³-hybridized carbons (Fsp3) is 0.667. The van der Waals surface area contributed by atoms with Crippen molar-refractivity contribution in [1.29, 1.82) is 0 Å². The molecule has 0 saturated heterocycles. The van der Waals surface area contributed by atoms with Crippen LogP contribution < -0.4 is 11.5 Å². The Bertz CT molecular complexity index is 273. The zero-order valence-electron chi connectivity index (χ0n) is 7.66. The van der Waals surface area contributed by atoms with Crippen molar-refractivity contribution in [3.63, 3.8) is 0 Å². The van der Waals surface area contributed by atoms with Crippen LogP contribution in [-0.4, -0.2) is 16.2 Å². The van der Waals surface area contributed by atoms with Crippen LogP contribution in [0.3, 0.4) is 0 Å². The molecule has 0 aromatic carbocycles. The molecule has 1 saturated carbocycles. The first-order valence-electron chi connectivity index (χ1n) is 4.82. The fourth-order valence-electron chi connectivity index (χ4n) is 1.99. The largest absolute Gasteiger partial charge is 0.382 e. The summed E-state index contributed by atoms with van der Waals surface area (Å²) >= 11 is 0. The predicted octanol–water partition coefficient (Wildman–Crippen LogP) is 0.977. The van der Waals surface area contributed by atoms with Gasteiger partial charge in [0.25, 0.3) is 0 Å². The van der Waals surface area contributed by atoms with E-state index in [-0.39, 0.29) is 0 Å². The van der Waals surface area contributed by atoms with Gasteiger partial charge >= 0.3 is 0 Å². The standard InChI is InChI=1S/C9H16N4/c10-7-3-1-6(2-4-7)8-5-9(11)13-12-8/h5-7H,1-4,10H2,(H3,11,12,13). The predicted molar refractivity (Wildman–Crippen MR) is 52.2 cm³/mol. The second kappa shape index (κ2) is 3.38. The van der Waals surface area contributed by atoms with Crippen molar-refractivity contribution in [1.82, 2.24) is 10.2 Å². The minimum atomic E-state index is 0.400. The molecule has 1 aliphatic rings. The summed E-state index contributed by atoms with van der Waals surface area (Å²) in [5.74, 6) is 1.18. The van der Waals surface area contributed by atoms with Crippen LogP contribution >= 0.6 is 0 Å². The summed E-state index contributed by atoms with van der Waals surface area (Å²) in [7, 11) is 0. The highest BCUT2D eigenvalue weighted by molar-refractivity contribution is 5.30. The number of hydrogen-bond donors (Lipinski definition) is 3.